The van der Waals surface area contributed by atoms with E-state index in [1.807, 2.05) is 19.1 Å². The first-order chi connectivity index (χ1) is 14.4. The Morgan fingerprint density at radius 1 is 1.03 bits per heavy atom. The van der Waals surface area contributed by atoms with E-state index in [0.29, 0.717) is 42.5 Å². The minimum atomic E-state index is -3.86. The number of aryl methyl sites for hydroxylation is 1. The number of anilines is 1. The van der Waals surface area contributed by atoms with Crippen LogP contribution in [-0.4, -0.2) is 27.5 Å². The van der Waals surface area contributed by atoms with Crippen molar-refractivity contribution in [3.63, 3.8) is 0 Å². The molecule has 0 radical (unpaired) electrons. The van der Waals surface area contributed by atoms with Crippen molar-refractivity contribution in [2.24, 2.45) is 0 Å². The van der Waals surface area contributed by atoms with Crippen molar-refractivity contribution in [3.05, 3.63) is 69.9 Å². The second-order valence-electron chi connectivity index (χ2n) is 6.69. The van der Waals surface area contributed by atoms with Crippen LogP contribution < -0.4 is 19.5 Å². The number of hydrogen-bond donors (Lipinski definition) is 2. The van der Waals surface area contributed by atoms with Gasteiger partial charge >= 0.3 is 0 Å². The predicted octanol–water partition coefficient (Wildman–Crippen LogP) is 3.56. The summed E-state index contributed by atoms with van der Waals surface area (Å²) in [6.07, 6.45) is 0. The van der Waals surface area contributed by atoms with E-state index in [1.165, 1.54) is 23.1 Å². The molecule has 2 aromatic carbocycles. The van der Waals surface area contributed by atoms with Crippen LogP contribution in [0.1, 0.15) is 20.1 Å². The van der Waals surface area contributed by atoms with Crippen LogP contribution in [-0.2, 0) is 16.6 Å². The number of rotatable bonds is 6. The third-order valence-electron chi connectivity index (χ3n) is 4.42. The summed E-state index contributed by atoms with van der Waals surface area (Å²) in [6, 6.07) is 14.8. The molecule has 0 saturated heterocycles. The molecule has 0 saturated carbocycles. The highest BCUT2D eigenvalue weighted by atomic mass is 32.2. The molecule has 1 amide bonds. The molecule has 0 bridgehead atoms. The lowest BCUT2D eigenvalue weighted by Gasteiger charge is -2.19. The molecule has 7 nitrogen and oxygen atoms in total. The van der Waals surface area contributed by atoms with Gasteiger partial charge in [-0.2, -0.15) is 0 Å². The van der Waals surface area contributed by atoms with Crippen molar-refractivity contribution >= 4 is 33.0 Å². The number of thiophene rings is 1. The molecule has 1 aliphatic heterocycles. The van der Waals surface area contributed by atoms with Gasteiger partial charge in [0.1, 0.15) is 13.2 Å². The molecule has 3 aromatic rings. The Bertz CT molecular complexity index is 1190. The van der Waals surface area contributed by atoms with Gasteiger partial charge in [-0.1, -0.05) is 6.07 Å². The van der Waals surface area contributed by atoms with Gasteiger partial charge in [-0.3, -0.25) is 9.52 Å². The zero-order chi connectivity index (χ0) is 21.1. The van der Waals surface area contributed by atoms with Gasteiger partial charge in [-0.15, -0.1) is 11.3 Å². The Labute approximate surface area is 178 Å². The van der Waals surface area contributed by atoms with Crippen LogP contribution in [0.15, 0.2) is 59.5 Å². The second-order valence-corrected chi connectivity index (χ2v) is 9.74. The van der Waals surface area contributed by atoms with Gasteiger partial charge in [0.05, 0.1) is 11.4 Å². The molecule has 30 heavy (non-hydrogen) atoms. The van der Waals surface area contributed by atoms with Gasteiger partial charge in [0.25, 0.3) is 15.9 Å². The number of carbonyl (C=O) groups is 1. The fraction of sp³-hybridized carbons (Fsp3) is 0.190. The van der Waals surface area contributed by atoms with Crippen molar-refractivity contribution in [3.8, 4) is 11.5 Å². The Kier molecular flexibility index (Phi) is 5.65. The Morgan fingerprint density at radius 3 is 2.60 bits per heavy atom. The van der Waals surface area contributed by atoms with Crippen molar-refractivity contribution in [1.82, 2.24) is 5.32 Å². The topological polar surface area (TPSA) is 93.7 Å². The summed E-state index contributed by atoms with van der Waals surface area (Å²) >= 11 is 1.62. The van der Waals surface area contributed by atoms with Crippen molar-refractivity contribution in [1.29, 1.82) is 0 Å². The lowest BCUT2D eigenvalue weighted by molar-refractivity contribution is 0.0951. The molecule has 0 unspecified atom stereocenters. The maximum absolute atomic E-state index is 12.8. The van der Waals surface area contributed by atoms with Crippen LogP contribution in [0.25, 0.3) is 0 Å². The van der Waals surface area contributed by atoms with E-state index < -0.39 is 10.0 Å². The number of benzene rings is 2. The van der Waals surface area contributed by atoms with Crippen LogP contribution in [0.5, 0.6) is 11.5 Å². The van der Waals surface area contributed by atoms with Crippen molar-refractivity contribution < 1.29 is 22.7 Å². The average molecular weight is 445 g/mol. The van der Waals surface area contributed by atoms with Crippen LogP contribution in [0.3, 0.4) is 0 Å². The number of hydrogen-bond acceptors (Lipinski definition) is 6. The van der Waals surface area contributed by atoms with E-state index in [-0.39, 0.29) is 10.8 Å². The number of carbonyl (C=O) groups excluding carboxylic acids is 1. The van der Waals surface area contributed by atoms with Gasteiger partial charge in [0.15, 0.2) is 11.5 Å². The molecule has 0 aliphatic carbocycles. The Morgan fingerprint density at radius 2 is 1.83 bits per heavy atom. The molecular weight excluding hydrogens is 424 g/mol. The Hall–Kier alpha value is -3.04. The van der Waals surface area contributed by atoms with Gasteiger partial charge in [0.2, 0.25) is 0 Å². The van der Waals surface area contributed by atoms with E-state index in [2.05, 4.69) is 10.0 Å². The first kappa shape index (κ1) is 20.2. The quantitative estimate of drug-likeness (QED) is 0.606. The summed E-state index contributed by atoms with van der Waals surface area (Å²) in [6.45, 7) is 3.22. The van der Waals surface area contributed by atoms with E-state index >= 15 is 0 Å². The minimum Gasteiger partial charge on any atom is -0.486 e. The van der Waals surface area contributed by atoms with Gasteiger partial charge in [0, 0.05) is 27.1 Å². The fourth-order valence-corrected chi connectivity index (χ4v) is 4.87. The standard InChI is InChI=1S/C21H20N2O5S2/c1-14-5-6-17(29-14)13-22-21(24)15-3-2-4-16(11-15)23-30(25,26)18-7-8-19-20(12-18)28-10-9-27-19/h2-8,11-12,23H,9-10,13H2,1H3,(H,22,24). The van der Waals surface area contributed by atoms with Gasteiger partial charge in [-0.25, -0.2) is 8.42 Å². The summed E-state index contributed by atoms with van der Waals surface area (Å²) in [7, 11) is -3.86. The largest absolute Gasteiger partial charge is 0.486 e. The summed E-state index contributed by atoms with van der Waals surface area (Å²) in [4.78, 5) is 14.7. The smallest absolute Gasteiger partial charge is 0.262 e. The lowest BCUT2D eigenvalue weighted by Crippen LogP contribution is -2.22. The third-order valence-corrected chi connectivity index (χ3v) is 6.80. The van der Waals surface area contributed by atoms with E-state index in [9.17, 15) is 13.2 Å². The van der Waals surface area contributed by atoms with E-state index in [0.717, 1.165) is 4.88 Å². The van der Waals surface area contributed by atoms with E-state index in [4.69, 9.17) is 9.47 Å². The van der Waals surface area contributed by atoms with Crippen molar-refractivity contribution in [2.45, 2.75) is 18.4 Å². The average Bonchev–Trinajstić information content (AvgIpc) is 3.16. The lowest BCUT2D eigenvalue weighted by atomic mass is 10.2. The van der Waals surface area contributed by atoms with Gasteiger partial charge in [-0.05, 0) is 49.4 Å². The van der Waals surface area contributed by atoms with Crippen molar-refractivity contribution in [2.75, 3.05) is 17.9 Å². The van der Waals surface area contributed by atoms with Gasteiger partial charge < -0.3 is 14.8 Å². The highest BCUT2D eigenvalue weighted by molar-refractivity contribution is 7.92. The number of ether oxygens (including phenoxy) is 2. The molecule has 2 heterocycles. The van der Waals surface area contributed by atoms with Crippen LogP contribution in [0.4, 0.5) is 5.69 Å². The fourth-order valence-electron chi connectivity index (χ4n) is 2.98. The molecule has 1 aliphatic rings. The van der Waals surface area contributed by atoms with Crippen LogP contribution in [0, 0.1) is 6.92 Å². The SMILES string of the molecule is Cc1ccc(CNC(=O)c2cccc(NS(=O)(=O)c3ccc4c(c3)OCCO4)c2)s1. The summed E-state index contributed by atoms with van der Waals surface area (Å²) in [5.74, 6) is 0.627. The maximum atomic E-state index is 12.8. The first-order valence-electron chi connectivity index (χ1n) is 9.27. The molecule has 0 fully saturated rings. The number of nitrogens with one attached hydrogen (secondary N) is 2. The zero-order valence-corrected chi connectivity index (χ0v) is 17.8. The molecule has 4 rings (SSSR count). The number of fused-ring (bicyclic) bond motifs is 1. The number of sulfonamides is 1. The molecule has 0 spiro atoms. The predicted molar refractivity (Wildman–Crippen MR) is 115 cm³/mol. The van der Waals surface area contributed by atoms with Crippen LogP contribution in [0.2, 0.25) is 0 Å². The molecule has 0 atom stereocenters. The second kappa shape index (κ2) is 8.37. The van der Waals surface area contributed by atoms with Crippen LogP contribution >= 0.6 is 11.3 Å². The first-order valence-corrected chi connectivity index (χ1v) is 11.6. The number of amides is 1. The summed E-state index contributed by atoms with van der Waals surface area (Å²) in [5.41, 5.74) is 0.662. The molecule has 1 aromatic heterocycles. The molecule has 2 N–H and O–H groups in total. The molecule has 9 heteroatoms. The summed E-state index contributed by atoms with van der Waals surface area (Å²) in [5, 5.41) is 2.85. The maximum Gasteiger partial charge on any atom is 0.262 e. The highest BCUT2D eigenvalue weighted by Gasteiger charge is 2.20. The monoisotopic (exact) mass is 444 g/mol. The Balaban J connectivity index is 1.47. The third kappa shape index (κ3) is 4.58. The normalized spacial score (nSPS) is 13.0. The summed E-state index contributed by atoms with van der Waals surface area (Å²) < 4.78 is 38.9. The zero-order valence-electron chi connectivity index (χ0n) is 16.2. The highest BCUT2D eigenvalue weighted by Crippen LogP contribution is 2.32. The van der Waals surface area contributed by atoms with E-state index in [1.54, 1.807) is 35.6 Å². The molecule has 156 valence electrons. The molecular formula is C21H20N2O5S2. The minimum absolute atomic E-state index is 0.0506.